The topological polar surface area (TPSA) is 91.2 Å². The van der Waals surface area contributed by atoms with Crippen LogP contribution in [0.4, 0.5) is 0 Å². The number of thiol groups is 1. The molecule has 0 amide bonds. The van der Waals surface area contributed by atoms with Crippen LogP contribution in [-0.4, -0.2) is 38.9 Å². The lowest BCUT2D eigenvalue weighted by molar-refractivity contribution is -0.153. The summed E-state index contributed by atoms with van der Waals surface area (Å²) in [5.41, 5.74) is 0. The van der Waals surface area contributed by atoms with E-state index in [1.807, 2.05) is 23.0 Å². The maximum Gasteiger partial charge on any atom is 0.375 e. The SMILES string of the molecule is CCOC(=O)C(=O)CC(=O)c1nc([SH]2C=CC=C2)n(C)n1. The molecule has 0 aliphatic carbocycles. The smallest absolute Gasteiger partial charge is 0.375 e. The van der Waals surface area contributed by atoms with Gasteiger partial charge in [-0.05, 0) is 17.7 Å². The van der Waals surface area contributed by atoms with Crippen LogP contribution < -0.4 is 0 Å². The number of carbonyl (C=O) groups is 3. The molecule has 0 atom stereocenters. The summed E-state index contributed by atoms with van der Waals surface area (Å²) in [7, 11) is 0.985. The van der Waals surface area contributed by atoms with Crippen molar-refractivity contribution in [3.63, 3.8) is 0 Å². The van der Waals surface area contributed by atoms with E-state index in [9.17, 15) is 14.4 Å². The average Bonchev–Trinajstić information content (AvgIpc) is 3.07. The molecule has 8 heteroatoms. The quantitative estimate of drug-likeness (QED) is 0.276. The number of hydrogen-bond donors (Lipinski definition) is 1. The molecule has 1 aliphatic heterocycles. The van der Waals surface area contributed by atoms with Crippen molar-refractivity contribution in [1.82, 2.24) is 14.8 Å². The maximum absolute atomic E-state index is 11.9. The normalized spacial score (nSPS) is 14.5. The van der Waals surface area contributed by atoms with E-state index in [1.165, 1.54) is 4.68 Å². The second kappa shape index (κ2) is 6.49. The first-order chi connectivity index (χ1) is 10.0. The van der Waals surface area contributed by atoms with E-state index in [0.29, 0.717) is 5.16 Å². The highest BCUT2D eigenvalue weighted by molar-refractivity contribution is 8.22. The van der Waals surface area contributed by atoms with E-state index in [0.717, 1.165) is 0 Å². The summed E-state index contributed by atoms with van der Waals surface area (Å²) in [6, 6.07) is 0. The van der Waals surface area contributed by atoms with E-state index in [4.69, 9.17) is 0 Å². The second-order valence-electron chi connectivity index (χ2n) is 4.19. The molecule has 1 aromatic heterocycles. The molecule has 0 spiro atoms. The molecule has 0 fully saturated rings. The Kier molecular flexibility index (Phi) is 4.69. The van der Waals surface area contributed by atoms with Gasteiger partial charge in [0.1, 0.15) is 0 Å². The number of aromatic nitrogens is 3. The van der Waals surface area contributed by atoms with Gasteiger partial charge in [-0.15, -0.1) is 5.10 Å². The third-order valence-corrected chi connectivity index (χ3v) is 4.49. The Labute approximate surface area is 124 Å². The van der Waals surface area contributed by atoms with Crippen LogP contribution in [0.1, 0.15) is 24.0 Å². The summed E-state index contributed by atoms with van der Waals surface area (Å²) < 4.78 is 6.07. The van der Waals surface area contributed by atoms with Crippen molar-refractivity contribution < 1.29 is 19.1 Å². The minimum absolute atomic E-state index is 0.0543. The second-order valence-corrected chi connectivity index (χ2v) is 6.00. The lowest BCUT2D eigenvalue weighted by Gasteiger charge is -2.06. The van der Waals surface area contributed by atoms with Gasteiger partial charge in [-0.3, -0.25) is 9.59 Å². The molecule has 1 aromatic rings. The van der Waals surface area contributed by atoms with Crippen LogP contribution >= 0.6 is 10.9 Å². The molecule has 0 saturated heterocycles. The fraction of sp³-hybridized carbons (Fsp3) is 0.308. The Bertz CT molecular complexity index is 636. The molecule has 0 aromatic carbocycles. The fourth-order valence-electron chi connectivity index (χ4n) is 1.70. The van der Waals surface area contributed by atoms with Crippen molar-refractivity contribution in [1.29, 1.82) is 0 Å². The van der Waals surface area contributed by atoms with Gasteiger partial charge in [-0.2, -0.15) is 15.9 Å². The van der Waals surface area contributed by atoms with Crippen molar-refractivity contribution >= 4 is 28.4 Å². The van der Waals surface area contributed by atoms with Crippen LogP contribution in [0.25, 0.3) is 0 Å². The van der Waals surface area contributed by atoms with Crippen molar-refractivity contribution in [3.8, 4) is 0 Å². The lowest BCUT2D eigenvalue weighted by atomic mass is 10.2. The van der Waals surface area contributed by atoms with Crippen LogP contribution in [0.15, 0.2) is 28.1 Å². The summed E-state index contributed by atoms with van der Waals surface area (Å²) in [6.07, 6.45) is 3.24. The predicted octanol–water partition coefficient (Wildman–Crippen LogP) is 0.921. The van der Waals surface area contributed by atoms with Gasteiger partial charge in [0.25, 0.3) is 0 Å². The number of ketones is 2. The minimum atomic E-state index is -1.01. The summed E-state index contributed by atoms with van der Waals surface area (Å²) in [5, 5.41) is 8.65. The van der Waals surface area contributed by atoms with Gasteiger partial charge in [0.15, 0.2) is 5.16 Å². The zero-order valence-corrected chi connectivity index (χ0v) is 12.5. The van der Waals surface area contributed by atoms with Gasteiger partial charge >= 0.3 is 5.97 Å². The Hall–Kier alpha value is -2.22. The highest BCUT2D eigenvalue weighted by Crippen LogP contribution is 2.40. The molecule has 1 aliphatic rings. The molecule has 0 bridgehead atoms. The molecule has 0 N–H and O–H groups in total. The van der Waals surface area contributed by atoms with Gasteiger partial charge in [0.2, 0.25) is 17.4 Å². The van der Waals surface area contributed by atoms with Crippen LogP contribution in [0.5, 0.6) is 0 Å². The first kappa shape index (κ1) is 15.2. The third kappa shape index (κ3) is 3.46. The van der Waals surface area contributed by atoms with Gasteiger partial charge in [-0.25, -0.2) is 9.48 Å². The Morgan fingerprint density at radius 1 is 1.29 bits per heavy atom. The molecule has 2 heterocycles. The van der Waals surface area contributed by atoms with Crippen LogP contribution in [0, 0.1) is 0 Å². The standard InChI is InChI=1S/C13H15N3O4S/c1-3-20-12(19)10(18)8-9(17)11-14-13(16(2)15-11)21-6-4-5-7-21/h4-7,21H,3,8H2,1-2H3. The van der Waals surface area contributed by atoms with Crippen LogP contribution in [0.2, 0.25) is 0 Å². The van der Waals surface area contributed by atoms with Crippen molar-refractivity contribution in [2.45, 2.75) is 18.5 Å². The van der Waals surface area contributed by atoms with Gasteiger partial charge in [0, 0.05) is 7.05 Å². The molecule has 7 nitrogen and oxygen atoms in total. The van der Waals surface area contributed by atoms with E-state index < -0.39 is 34.9 Å². The van der Waals surface area contributed by atoms with Crippen molar-refractivity contribution in [2.24, 2.45) is 7.05 Å². The molecule has 21 heavy (non-hydrogen) atoms. The highest BCUT2D eigenvalue weighted by Gasteiger charge is 2.24. The molecule has 0 saturated carbocycles. The van der Waals surface area contributed by atoms with Gasteiger partial charge < -0.3 is 4.74 Å². The fourth-order valence-corrected chi connectivity index (χ4v) is 3.22. The largest absolute Gasteiger partial charge is 0.460 e. The number of aryl methyl sites for hydroxylation is 1. The van der Waals surface area contributed by atoms with E-state index in [-0.39, 0.29) is 12.4 Å². The first-order valence-corrected chi connectivity index (χ1v) is 7.78. The number of ether oxygens (including phenoxy) is 1. The first-order valence-electron chi connectivity index (χ1n) is 6.30. The van der Waals surface area contributed by atoms with Crippen LogP contribution in [-0.2, 0) is 21.4 Å². The van der Waals surface area contributed by atoms with Crippen molar-refractivity contribution in [3.05, 3.63) is 28.8 Å². The number of Topliss-reactive ketones (excluding diaryl/α,β-unsaturated/α-hetero) is 2. The highest BCUT2D eigenvalue weighted by atomic mass is 32.2. The summed E-state index contributed by atoms with van der Waals surface area (Å²) >= 11 is 0. The zero-order valence-electron chi connectivity index (χ0n) is 11.6. The predicted molar refractivity (Wildman–Crippen MR) is 77.1 cm³/mol. The summed E-state index contributed by atoms with van der Waals surface area (Å²) in [4.78, 5) is 38.8. The summed E-state index contributed by atoms with van der Waals surface area (Å²) in [5.74, 6) is -2.53. The number of hydrogen-bond acceptors (Lipinski definition) is 6. The molecular formula is C13H15N3O4S. The number of carbonyl (C=O) groups excluding carboxylic acids is 3. The van der Waals surface area contributed by atoms with E-state index in [2.05, 4.69) is 14.8 Å². The molecular weight excluding hydrogens is 294 g/mol. The number of esters is 1. The minimum Gasteiger partial charge on any atom is -0.460 e. The Morgan fingerprint density at radius 3 is 2.57 bits per heavy atom. The summed E-state index contributed by atoms with van der Waals surface area (Å²) in [6.45, 7) is 1.68. The lowest BCUT2D eigenvalue weighted by Crippen LogP contribution is -2.21. The molecule has 0 unspecified atom stereocenters. The van der Waals surface area contributed by atoms with E-state index in [1.54, 1.807) is 14.0 Å². The Balaban J connectivity index is 2.08. The monoisotopic (exact) mass is 309 g/mol. The zero-order chi connectivity index (χ0) is 15.4. The Morgan fingerprint density at radius 2 is 1.95 bits per heavy atom. The van der Waals surface area contributed by atoms with Crippen LogP contribution in [0.3, 0.4) is 0 Å². The van der Waals surface area contributed by atoms with Crippen molar-refractivity contribution in [2.75, 3.05) is 6.61 Å². The number of nitrogens with zero attached hydrogens (tertiary/aromatic N) is 3. The third-order valence-electron chi connectivity index (χ3n) is 2.65. The molecule has 2 rings (SSSR count). The van der Waals surface area contributed by atoms with Gasteiger partial charge in [-0.1, -0.05) is 12.2 Å². The average molecular weight is 309 g/mol. The number of allylic oxidation sites excluding steroid dienone is 2. The molecule has 112 valence electrons. The molecule has 0 radical (unpaired) electrons. The van der Waals surface area contributed by atoms with Gasteiger partial charge in [0.05, 0.1) is 13.0 Å². The number of rotatable bonds is 6. The maximum atomic E-state index is 11.9. The van der Waals surface area contributed by atoms with E-state index >= 15 is 0 Å².